The topological polar surface area (TPSA) is 259 Å². The fraction of sp³-hybridized carbons (Fsp3) is 0.618. The number of benzene rings is 1. The second kappa shape index (κ2) is 22.1. The lowest BCUT2D eigenvalue weighted by Crippen LogP contribution is -2.64. The van der Waals surface area contributed by atoms with Gasteiger partial charge in [0.25, 0.3) is 5.56 Å². The predicted molar refractivity (Wildman–Crippen MR) is 205 cm³/mol. The van der Waals surface area contributed by atoms with Gasteiger partial charge in [0.15, 0.2) is 6.29 Å². The lowest BCUT2D eigenvalue weighted by Gasteiger charge is -2.42. The zero-order chi connectivity index (χ0) is 40.8. The van der Waals surface area contributed by atoms with E-state index in [1.54, 1.807) is 24.3 Å². The van der Waals surface area contributed by atoms with Gasteiger partial charge in [-0.1, -0.05) is 42.5 Å². The molecule has 1 aromatic heterocycles. The highest BCUT2D eigenvalue weighted by atomic mass is 32.5. The molecule has 10 atom stereocenters. The second-order valence-corrected chi connectivity index (χ2v) is 16.4. The van der Waals surface area contributed by atoms with Crippen LogP contribution in [0.15, 0.2) is 52.2 Å². The third-order valence-corrected chi connectivity index (χ3v) is 11.0. The SMILES string of the molecule is COP(O)(=S)OC1[C@@H](COC(=O)OCc2ccccc2)O[C@@H](n2ccc(=O)[nH]c2=O)[C@H]1CCCNC(=S)CCCCO[C@@H]1O[C@H](CO)[C@H](O)[C@H](O)[C@H]1NC(C)=O. The Morgan fingerprint density at radius 1 is 1.04 bits per heavy atom. The van der Waals surface area contributed by atoms with Gasteiger partial charge >= 0.3 is 18.6 Å². The molecule has 2 unspecified atom stereocenters. The number of rotatable bonds is 20. The Bertz CT molecular complexity index is 1750. The molecule has 56 heavy (non-hydrogen) atoms. The van der Waals surface area contributed by atoms with Crippen LogP contribution in [0.4, 0.5) is 4.79 Å². The first-order valence-corrected chi connectivity index (χ1v) is 20.9. The van der Waals surface area contributed by atoms with Crippen LogP contribution < -0.4 is 21.9 Å². The molecule has 3 heterocycles. The van der Waals surface area contributed by atoms with Gasteiger partial charge < -0.3 is 63.6 Å². The van der Waals surface area contributed by atoms with E-state index < -0.39 is 91.6 Å². The van der Waals surface area contributed by atoms with E-state index in [1.807, 2.05) is 6.07 Å². The molecule has 2 fully saturated rings. The number of hydrogen-bond acceptors (Lipinski definition) is 16. The molecule has 0 spiro atoms. The zero-order valence-corrected chi connectivity index (χ0v) is 33.3. The van der Waals surface area contributed by atoms with E-state index in [1.165, 1.54) is 24.8 Å². The Hall–Kier alpha value is -3.18. The summed E-state index contributed by atoms with van der Waals surface area (Å²) in [6, 6.07) is 9.09. The molecule has 19 nitrogen and oxygen atoms in total. The standard InChI is InChI=1S/C34H49N4O15PS2/c1-20(40)36-27-29(43)28(42)23(17-39)52-32(27)48-16-7-6-12-26(55)35-14-8-11-22-30(53-54(46,56)47-2)24(51-31(22)38-15-13-25(41)37-33(38)44)19-50-34(45)49-18-21-9-4-3-5-10-21/h3-5,9-10,13,15,22-24,27-32,39,42-43H,6-8,11-12,14,16-19H2,1-2H3,(H,35,55)(H,36,40)(H,46,56)(H,37,41,44)/t22-,23+,24+,27+,28-,29+,30?,31+,32+,54?/m0/s1. The molecule has 312 valence electrons. The Morgan fingerprint density at radius 2 is 1.79 bits per heavy atom. The second-order valence-electron chi connectivity index (χ2n) is 13.1. The van der Waals surface area contributed by atoms with Crippen molar-refractivity contribution in [1.29, 1.82) is 0 Å². The van der Waals surface area contributed by atoms with Crippen molar-refractivity contribution in [2.45, 2.75) is 94.7 Å². The van der Waals surface area contributed by atoms with Gasteiger partial charge in [0.2, 0.25) is 5.91 Å². The molecule has 2 aromatic rings. The maximum Gasteiger partial charge on any atom is 0.508 e. The summed E-state index contributed by atoms with van der Waals surface area (Å²) in [5.74, 6) is -1.12. The monoisotopic (exact) mass is 848 g/mol. The van der Waals surface area contributed by atoms with E-state index in [2.05, 4.69) is 15.6 Å². The first kappa shape index (κ1) is 45.5. The van der Waals surface area contributed by atoms with Gasteiger partial charge in [-0.3, -0.25) is 19.1 Å². The Kier molecular flexibility index (Phi) is 18.0. The molecular weight excluding hydrogens is 799 g/mol. The highest BCUT2D eigenvalue weighted by molar-refractivity contribution is 8.07. The summed E-state index contributed by atoms with van der Waals surface area (Å²) in [7, 11) is 1.19. The number of carbonyl (C=O) groups excluding carboxylic acids is 2. The molecule has 4 rings (SSSR count). The van der Waals surface area contributed by atoms with Gasteiger partial charge in [0.1, 0.15) is 56.0 Å². The van der Waals surface area contributed by atoms with E-state index in [0.717, 1.165) is 11.6 Å². The molecule has 1 amide bonds. The summed E-state index contributed by atoms with van der Waals surface area (Å²) in [6.07, 6.45) is -5.39. The first-order chi connectivity index (χ1) is 26.7. The molecule has 0 radical (unpaired) electrons. The number of unbranched alkanes of at least 4 members (excludes halogenated alkanes) is 1. The average molecular weight is 849 g/mol. The van der Waals surface area contributed by atoms with Crippen LogP contribution in [0.25, 0.3) is 0 Å². The number of H-pyrrole nitrogens is 1. The molecule has 7 N–H and O–H groups in total. The molecule has 0 bridgehead atoms. The summed E-state index contributed by atoms with van der Waals surface area (Å²) in [5.41, 5.74) is -0.626. The highest BCUT2D eigenvalue weighted by Gasteiger charge is 2.49. The van der Waals surface area contributed by atoms with E-state index in [-0.39, 0.29) is 19.8 Å². The predicted octanol–water partition coefficient (Wildman–Crippen LogP) is 0.480. The van der Waals surface area contributed by atoms with Crippen LogP contribution in [0.5, 0.6) is 0 Å². The van der Waals surface area contributed by atoms with Gasteiger partial charge in [-0.25, -0.2) is 9.59 Å². The maximum atomic E-state index is 12.9. The number of nitrogens with one attached hydrogen (secondary N) is 3. The number of aromatic amines is 1. The molecule has 2 aliphatic heterocycles. The van der Waals surface area contributed by atoms with Crippen molar-refractivity contribution < 1.29 is 62.5 Å². The van der Waals surface area contributed by atoms with Gasteiger partial charge in [0, 0.05) is 45.4 Å². The maximum absolute atomic E-state index is 12.9. The minimum atomic E-state index is -3.81. The van der Waals surface area contributed by atoms with Crippen LogP contribution in [0.1, 0.15) is 50.8 Å². The van der Waals surface area contributed by atoms with Crippen LogP contribution in [0, 0.1) is 5.92 Å². The average Bonchev–Trinajstić information content (AvgIpc) is 3.49. The summed E-state index contributed by atoms with van der Waals surface area (Å²) in [4.78, 5) is 62.3. The van der Waals surface area contributed by atoms with Gasteiger partial charge in [-0.15, -0.1) is 0 Å². The van der Waals surface area contributed by atoms with E-state index in [0.29, 0.717) is 43.6 Å². The van der Waals surface area contributed by atoms with Gasteiger partial charge in [-0.05, 0) is 49.5 Å². The lowest BCUT2D eigenvalue weighted by atomic mass is 9.94. The smallest absolute Gasteiger partial charge is 0.431 e. The van der Waals surface area contributed by atoms with Crippen molar-refractivity contribution >= 4 is 47.8 Å². The summed E-state index contributed by atoms with van der Waals surface area (Å²) in [5, 5.41) is 35.8. The largest absolute Gasteiger partial charge is 0.508 e. The molecule has 22 heteroatoms. The van der Waals surface area contributed by atoms with Crippen LogP contribution in [0.2, 0.25) is 0 Å². The van der Waals surface area contributed by atoms with Crippen LogP contribution >= 0.6 is 18.9 Å². The Balaban J connectivity index is 1.32. The number of thiocarbonyl (C=S) groups is 1. The summed E-state index contributed by atoms with van der Waals surface area (Å²) >= 11 is 10.7. The molecule has 0 saturated carbocycles. The van der Waals surface area contributed by atoms with Gasteiger partial charge in [-0.2, -0.15) is 0 Å². The van der Waals surface area contributed by atoms with E-state index in [4.69, 9.17) is 56.8 Å². The van der Waals surface area contributed by atoms with Gasteiger partial charge in [0.05, 0.1) is 11.6 Å². The fourth-order valence-corrected chi connectivity index (χ4v) is 7.47. The van der Waals surface area contributed by atoms with Crippen LogP contribution in [0.3, 0.4) is 0 Å². The molecule has 2 saturated heterocycles. The number of amides is 1. The summed E-state index contributed by atoms with van der Waals surface area (Å²) in [6.45, 7) is -2.96. The van der Waals surface area contributed by atoms with Crippen molar-refractivity contribution in [2.75, 3.05) is 33.5 Å². The molecular formula is C34H49N4O15PS2. The molecule has 1 aromatic carbocycles. The quantitative estimate of drug-likeness (QED) is 0.0414. The first-order valence-electron chi connectivity index (χ1n) is 17.9. The minimum absolute atomic E-state index is 0.0364. The molecule has 2 aliphatic rings. The Labute approximate surface area is 332 Å². The van der Waals surface area contributed by atoms with Crippen molar-refractivity contribution in [2.24, 2.45) is 5.92 Å². The fourth-order valence-electron chi connectivity index (χ4n) is 6.24. The number of nitrogens with zero attached hydrogens (tertiary/aromatic N) is 1. The number of ether oxygens (including phenoxy) is 5. The highest BCUT2D eigenvalue weighted by Crippen LogP contribution is 2.50. The van der Waals surface area contributed by atoms with E-state index in [9.17, 15) is 39.4 Å². The van der Waals surface area contributed by atoms with Crippen molar-refractivity contribution in [3.05, 3.63) is 69.0 Å². The number of aliphatic hydroxyl groups excluding tert-OH is 3. The summed E-state index contributed by atoms with van der Waals surface area (Å²) < 4.78 is 40.2. The van der Waals surface area contributed by atoms with Crippen LogP contribution in [-0.2, 0) is 55.9 Å². The van der Waals surface area contributed by atoms with E-state index >= 15 is 0 Å². The van der Waals surface area contributed by atoms with Crippen LogP contribution in [-0.4, -0.2) is 123 Å². The van der Waals surface area contributed by atoms with Crippen molar-refractivity contribution in [1.82, 2.24) is 20.2 Å². The zero-order valence-electron chi connectivity index (χ0n) is 30.8. The number of hydrogen-bond donors (Lipinski definition) is 7. The third-order valence-electron chi connectivity index (χ3n) is 9.01. The van der Waals surface area contributed by atoms with Crippen molar-refractivity contribution in [3.63, 3.8) is 0 Å². The Morgan fingerprint density at radius 3 is 2.46 bits per heavy atom. The molecule has 0 aliphatic carbocycles. The normalized spacial score (nSPS) is 27.2. The number of aliphatic hydroxyl groups is 3. The lowest BCUT2D eigenvalue weighted by molar-refractivity contribution is -0.270. The minimum Gasteiger partial charge on any atom is -0.431 e. The number of aromatic nitrogens is 2. The number of carbonyl (C=O) groups is 2. The van der Waals surface area contributed by atoms with Crippen molar-refractivity contribution in [3.8, 4) is 0 Å². The third kappa shape index (κ3) is 13.5.